The van der Waals surface area contributed by atoms with Gasteiger partial charge >= 0.3 is 0 Å². The van der Waals surface area contributed by atoms with E-state index in [0.717, 1.165) is 24.5 Å². The summed E-state index contributed by atoms with van der Waals surface area (Å²) in [7, 11) is 1.68. The Bertz CT molecular complexity index is 102. The van der Waals surface area contributed by atoms with Crippen LogP contribution in [0.1, 0.15) is 13.3 Å². The van der Waals surface area contributed by atoms with Crippen molar-refractivity contribution < 1.29 is 9.47 Å². The maximum Gasteiger partial charge on any atom is 0.0700 e. The van der Waals surface area contributed by atoms with Crippen molar-refractivity contribution >= 4 is 11.8 Å². The standard InChI is InChI=1S/C9H21NO2S/c1-9(10)3-7-13-8-6-12-5-4-11-2/h9H,3-8,10H2,1-2H3. The fourth-order valence-corrected chi connectivity index (χ4v) is 1.71. The van der Waals surface area contributed by atoms with E-state index in [1.54, 1.807) is 7.11 Å². The van der Waals surface area contributed by atoms with Crippen LogP contribution < -0.4 is 5.73 Å². The summed E-state index contributed by atoms with van der Waals surface area (Å²) < 4.78 is 10.2. The van der Waals surface area contributed by atoms with Crippen LogP contribution in [0, 0.1) is 0 Å². The molecule has 0 bridgehead atoms. The van der Waals surface area contributed by atoms with Crippen LogP contribution in [0.15, 0.2) is 0 Å². The zero-order chi connectivity index (χ0) is 9.94. The molecule has 13 heavy (non-hydrogen) atoms. The third-order valence-electron chi connectivity index (χ3n) is 1.52. The van der Waals surface area contributed by atoms with Crippen LogP contribution in [0.25, 0.3) is 0 Å². The molecule has 3 nitrogen and oxygen atoms in total. The molecule has 0 aliphatic rings. The van der Waals surface area contributed by atoms with Crippen LogP contribution in [0.3, 0.4) is 0 Å². The Hall–Kier alpha value is 0.230. The molecular weight excluding hydrogens is 186 g/mol. The number of ether oxygens (including phenoxy) is 2. The summed E-state index contributed by atoms with van der Waals surface area (Å²) in [5.74, 6) is 2.18. The van der Waals surface area contributed by atoms with Gasteiger partial charge in [-0.15, -0.1) is 0 Å². The molecule has 1 atom stereocenters. The highest BCUT2D eigenvalue weighted by molar-refractivity contribution is 7.99. The van der Waals surface area contributed by atoms with Crippen LogP contribution >= 0.6 is 11.8 Å². The fraction of sp³-hybridized carbons (Fsp3) is 1.00. The highest BCUT2D eigenvalue weighted by Crippen LogP contribution is 2.03. The van der Waals surface area contributed by atoms with E-state index in [1.807, 2.05) is 18.7 Å². The molecule has 4 heteroatoms. The number of hydrogen-bond acceptors (Lipinski definition) is 4. The predicted molar refractivity (Wildman–Crippen MR) is 58.3 cm³/mol. The van der Waals surface area contributed by atoms with Gasteiger partial charge in [0, 0.05) is 18.9 Å². The Labute approximate surface area is 85.3 Å². The Morgan fingerprint density at radius 1 is 1.23 bits per heavy atom. The lowest BCUT2D eigenvalue weighted by atomic mass is 10.3. The van der Waals surface area contributed by atoms with Crippen LogP contribution in [-0.2, 0) is 9.47 Å². The average Bonchev–Trinajstić information content (AvgIpc) is 2.09. The van der Waals surface area contributed by atoms with Gasteiger partial charge in [-0.25, -0.2) is 0 Å². The maximum atomic E-state index is 5.61. The summed E-state index contributed by atoms with van der Waals surface area (Å²) in [5, 5.41) is 0. The molecule has 0 radical (unpaired) electrons. The molecule has 0 heterocycles. The first kappa shape index (κ1) is 13.2. The van der Waals surface area contributed by atoms with E-state index < -0.39 is 0 Å². The molecule has 0 amide bonds. The normalized spacial score (nSPS) is 13.2. The van der Waals surface area contributed by atoms with Crippen molar-refractivity contribution in [1.82, 2.24) is 0 Å². The molecule has 80 valence electrons. The highest BCUT2D eigenvalue weighted by atomic mass is 32.2. The second-order valence-corrected chi connectivity index (χ2v) is 4.21. The largest absolute Gasteiger partial charge is 0.382 e. The number of hydrogen-bond donors (Lipinski definition) is 1. The van der Waals surface area contributed by atoms with E-state index in [-0.39, 0.29) is 0 Å². The predicted octanol–water partition coefficient (Wildman–Crippen LogP) is 1.12. The minimum Gasteiger partial charge on any atom is -0.382 e. The Balaban J connectivity index is 2.84. The lowest BCUT2D eigenvalue weighted by Crippen LogP contribution is -2.15. The second-order valence-electron chi connectivity index (χ2n) is 2.98. The summed E-state index contributed by atoms with van der Waals surface area (Å²) >= 11 is 1.89. The molecule has 0 aromatic heterocycles. The summed E-state index contributed by atoms with van der Waals surface area (Å²) in [4.78, 5) is 0. The van der Waals surface area contributed by atoms with E-state index in [4.69, 9.17) is 15.2 Å². The molecule has 1 unspecified atom stereocenters. The number of methoxy groups -OCH3 is 1. The highest BCUT2D eigenvalue weighted by Gasteiger charge is 1.94. The zero-order valence-electron chi connectivity index (χ0n) is 8.62. The van der Waals surface area contributed by atoms with Gasteiger partial charge in [0.05, 0.1) is 19.8 Å². The van der Waals surface area contributed by atoms with Crippen molar-refractivity contribution in [2.45, 2.75) is 19.4 Å². The quantitative estimate of drug-likeness (QED) is 0.575. The molecule has 0 saturated heterocycles. The minimum absolute atomic E-state index is 0.321. The van der Waals surface area contributed by atoms with Gasteiger partial charge in [0.15, 0.2) is 0 Å². The minimum atomic E-state index is 0.321. The van der Waals surface area contributed by atoms with Gasteiger partial charge < -0.3 is 15.2 Å². The third kappa shape index (κ3) is 12.2. The van der Waals surface area contributed by atoms with Crippen molar-refractivity contribution in [3.05, 3.63) is 0 Å². The smallest absolute Gasteiger partial charge is 0.0700 e. The molecule has 0 spiro atoms. The van der Waals surface area contributed by atoms with Crippen molar-refractivity contribution in [1.29, 1.82) is 0 Å². The Morgan fingerprint density at radius 2 is 2.00 bits per heavy atom. The summed E-state index contributed by atoms with van der Waals surface area (Å²) in [6.07, 6.45) is 1.09. The topological polar surface area (TPSA) is 44.5 Å². The van der Waals surface area contributed by atoms with Gasteiger partial charge in [0.1, 0.15) is 0 Å². The van der Waals surface area contributed by atoms with E-state index in [0.29, 0.717) is 19.3 Å². The number of rotatable bonds is 9. The molecule has 0 aliphatic heterocycles. The molecule has 0 aromatic carbocycles. The van der Waals surface area contributed by atoms with E-state index >= 15 is 0 Å². The van der Waals surface area contributed by atoms with Gasteiger partial charge in [-0.05, 0) is 19.1 Å². The number of nitrogens with two attached hydrogens (primary N) is 1. The molecule has 0 rings (SSSR count). The number of thioether (sulfide) groups is 1. The summed E-state index contributed by atoms with van der Waals surface area (Å²) in [5.41, 5.74) is 5.61. The molecule has 0 aliphatic carbocycles. The van der Waals surface area contributed by atoms with Gasteiger partial charge in [0.25, 0.3) is 0 Å². The third-order valence-corrected chi connectivity index (χ3v) is 2.50. The lowest BCUT2D eigenvalue weighted by molar-refractivity contribution is 0.0790. The van der Waals surface area contributed by atoms with E-state index in [2.05, 4.69) is 0 Å². The van der Waals surface area contributed by atoms with Crippen molar-refractivity contribution in [2.75, 3.05) is 38.4 Å². The molecule has 0 saturated carbocycles. The first-order valence-corrected chi connectivity index (χ1v) is 5.83. The van der Waals surface area contributed by atoms with Gasteiger partial charge in [-0.3, -0.25) is 0 Å². The first-order chi connectivity index (χ1) is 6.27. The van der Waals surface area contributed by atoms with Crippen molar-refractivity contribution in [2.24, 2.45) is 5.73 Å². The molecule has 0 aromatic rings. The molecule has 2 N–H and O–H groups in total. The lowest BCUT2D eigenvalue weighted by Gasteiger charge is -2.05. The SMILES string of the molecule is COCCOCCSCCC(C)N. The monoisotopic (exact) mass is 207 g/mol. The van der Waals surface area contributed by atoms with E-state index in [1.165, 1.54) is 0 Å². The summed E-state index contributed by atoms with van der Waals surface area (Å²) in [6.45, 7) is 4.23. The Morgan fingerprint density at radius 3 is 2.62 bits per heavy atom. The Kier molecular flexibility index (Phi) is 10.5. The zero-order valence-corrected chi connectivity index (χ0v) is 9.44. The summed E-state index contributed by atoms with van der Waals surface area (Å²) in [6, 6.07) is 0.321. The maximum absolute atomic E-state index is 5.61. The fourth-order valence-electron chi connectivity index (χ4n) is 0.733. The molecular formula is C9H21NO2S. The van der Waals surface area contributed by atoms with Crippen molar-refractivity contribution in [3.8, 4) is 0 Å². The van der Waals surface area contributed by atoms with Gasteiger partial charge in [0.2, 0.25) is 0 Å². The van der Waals surface area contributed by atoms with Crippen LogP contribution in [-0.4, -0.2) is 44.5 Å². The van der Waals surface area contributed by atoms with Crippen molar-refractivity contribution in [3.63, 3.8) is 0 Å². The van der Waals surface area contributed by atoms with Crippen LogP contribution in [0.4, 0.5) is 0 Å². The van der Waals surface area contributed by atoms with Crippen LogP contribution in [0.2, 0.25) is 0 Å². The van der Waals surface area contributed by atoms with E-state index in [9.17, 15) is 0 Å². The van der Waals surface area contributed by atoms with Crippen LogP contribution in [0.5, 0.6) is 0 Å². The van der Waals surface area contributed by atoms with Gasteiger partial charge in [-0.1, -0.05) is 0 Å². The second kappa shape index (κ2) is 10.3. The molecule has 0 fully saturated rings. The first-order valence-electron chi connectivity index (χ1n) is 4.67. The average molecular weight is 207 g/mol. The van der Waals surface area contributed by atoms with Gasteiger partial charge in [-0.2, -0.15) is 11.8 Å².